The molecule has 0 saturated carbocycles. The summed E-state index contributed by atoms with van der Waals surface area (Å²) in [6.07, 6.45) is 4.65. The number of carbonyl (C=O) groups is 1. The SMILES string of the molecule is CNC(=O)N1CCc2c(c(N(C)c3cc(C)c(C)cn3)nn2C2CCOCC2)C1. The third-order valence-corrected chi connectivity index (χ3v) is 6.12. The Hall–Kier alpha value is -2.61. The standard InChI is InChI=1S/C21H30N6O2/c1-14-11-19(23-12-15(14)2)25(4)20-17-13-26(21(28)22-3)8-5-18(17)27(24-20)16-6-9-29-10-7-16/h11-12,16H,5-10,13H2,1-4H3,(H,22,28). The average Bonchev–Trinajstić information content (AvgIpc) is 3.14. The highest BCUT2D eigenvalue weighted by molar-refractivity contribution is 5.75. The van der Waals surface area contributed by atoms with E-state index in [9.17, 15) is 4.79 Å². The molecule has 0 radical (unpaired) electrons. The molecule has 0 aliphatic carbocycles. The summed E-state index contributed by atoms with van der Waals surface area (Å²) in [7, 11) is 3.68. The molecular weight excluding hydrogens is 368 g/mol. The molecule has 0 unspecified atom stereocenters. The smallest absolute Gasteiger partial charge is 0.317 e. The van der Waals surface area contributed by atoms with E-state index >= 15 is 0 Å². The van der Waals surface area contributed by atoms with Crippen LogP contribution >= 0.6 is 0 Å². The fourth-order valence-corrected chi connectivity index (χ4v) is 4.16. The second kappa shape index (κ2) is 8.02. The molecule has 0 bridgehead atoms. The number of rotatable bonds is 3. The van der Waals surface area contributed by atoms with Gasteiger partial charge in [0.15, 0.2) is 5.82 Å². The van der Waals surface area contributed by atoms with Crippen molar-refractivity contribution in [2.75, 3.05) is 38.8 Å². The molecule has 8 heteroatoms. The predicted molar refractivity (Wildman–Crippen MR) is 112 cm³/mol. The number of nitrogens with one attached hydrogen (secondary N) is 1. The van der Waals surface area contributed by atoms with Crippen molar-refractivity contribution in [1.29, 1.82) is 0 Å². The number of hydrogen-bond acceptors (Lipinski definition) is 5. The minimum Gasteiger partial charge on any atom is -0.381 e. The van der Waals surface area contributed by atoms with Crippen molar-refractivity contribution < 1.29 is 9.53 Å². The van der Waals surface area contributed by atoms with E-state index in [1.807, 2.05) is 18.1 Å². The Kier molecular flexibility index (Phi) is 5.45. The largest absolute Gasteiger partial charge is 0.381 e. The Labute approximate surface area is 171 Å². The number of pyridine rings is 1. The van der Waals surface area contributed by atoms with E-state index < -0.39 is 0 Å². The Balaban J connectivity index is 1.74. The number of fused-ring (bicyclic) bond motifs is 1. The van der Waals surface area contributed by atoms with E-state index in [1.165, 1.54) is 16.8 Å². The van der Waals surface area contributed by atoms with Gasteiger partial charge in [0.25, 0.3) is 0 Å². The number of amides is 2. The summed E-state index contributed by atoms with van der Waals surface area (Å²) in [5.41, 5.74) is 4.73. The average molecular weight is 399 g/mol. The Morgan fingerprint density at radius 2 is 2.03 bits per heavy atom. The number of nitrogens with zero attached hydrogens (tertiary/aromatic N) is 5. The lowest BCUT2D eigenvalue weighted by molar-refractivity contribution is 0.0651. The zero-order valence-electron chi connectivity index (χ0n) is 17.7. The van der Waals surface area contributed by atoms with Crippen molar-refractivity contribution >= 4 is 17.7 Å². The summed E-state index contributed by atoms with van der Waals surface area (Å²) >= 11 is 0. The molecule has 2 aromatic rings. The Bertz CT molecular complexity index is 903. The van der Waals surface area contributed by atoms with Gasteiger partial charge >= 0.3 is 6.03 Å². The molecule has 2 aromatic heterocycles. The molecule has 2 amide bonds. The zero-order valence-corrected chi connectivity index (χ0v) is 17.7. The number of urea groups is 1. The first kappa shape index (κ1) is 19.7. The first-order valence-electron chi connectivity index (χ1n) is 10.3. The minimum absolute atomic E-state index is 0.0487. The molecule has 2 aliphatic heterocycles. The van der Waals surface area contributed by atoms with Crippen molar-refractivity contribution in [3.8, 4) is 0 Å². The van der Waals surface area contributed by atoms with Crippen LogP contribution in [0.2, 0.25) is 0 Å². The van der Waals surface area contributed by atoms with E-state index in [2.05, 4.69) is 39.8 Å². The number of aryl methyl sites for hydroxylation is 2. The van der Waals surface area contributed by atoms with Gasteiger partial charge in [0.2, 0.25) is 0 Å². The molecular formula is C21H30N6O2. The molecule has 4 rings (SSSR count). The van der Waals surface area contributed by atoms with Crippen LogP contribution in [0.1, 0.15) is 41.3 Å². The summed E-state index contributed by atoms with van der Waals surface area (Å²) in [5.74, 6) is 1.75. The molecule has 0 spiro atoms. The van der Waals surface area contributed by atoms with Crippen LogP contribution in [0.3, 0.4) is 0 Å². The van der Waals surface area contributed by atoms with Gasteiger partial charge in [0, 0.05) is 57.7 Å². The molecule has 4 heterocycles. The van der Waals surface area contributed by atoms with Gasteiger partial charge in [0.1, 0.15) is 5.82 Å². The molecule has 29 heavy (non-hydrogen) atoms. The number of anilines is 2. The van der Waals surface area contributed by atoms with Crippen molar-refractivity contribution in [3.05, 3.63) is 34.6 Å². The molecule has 1 fully saturated rings. The molecule has 1 N–H and O–H groups in total. The van der Waals surface area contributed by atoms with Crippen molar-refractivity contribution in [1.82, 2.24) is 25.0 Å². The predicted octanol–water partition coefficient (Wildman–Crippen LogP) is 2.71. The first-order valence-corrected chi connectivity index (χ1v) is 10.3. The number of ether oxygens (including phenoxy) is 1. The normalized spacial score (nSPS) is 17.2. The minimum atomic E-state index is -0.0487. The summed E-state index contributed by atoms with van der Waals surface area (Å²) in [4.78, 5) is 20.8. The Morgan fingerprint density at radius 1 is 1.28 bits per heavy atom. The van der Waals surface area contributed by atoms with E-state index in [-0.39, 0.29) is 6.03 Å². The maximum Gasteiger partial charge on any atom is 0.317 e. The fraction of sp³-hybridized carbons (Fsp3) is 0.571. The molecule has 0 atom stereocenters. The third-order valence-electron chi connectivity index (χ3n) is 6.12. The monoisotopic (exact) mass is 398 g/mol. The zero-order chi connectivity index (χ0) is 20.5. The van der Waals surface area contributed by atoms with Crippen molar-refractivity contribution in [3.63, 3.8) is 0 Å². The highest BCUT2D eigenvalue weighted by atomic mass is 16.5. The molecule has 0 aromatic carbocycles. The maximum absolute atomic E-state index is 12.3. The Morgan fingerprint density at radius 3 is 2.72 bits per heavy atom. The van der Waals surface area contributed by atoms with Gasteiger partial charge in [-0.2, -0.15) is 5.10 Å². The fourth-order valence-electron chi connectivity index (χ4n) is 4.16. The van der Waals surface area contributed by atoms with Crippen LogP contribution in [-0.2, 0) is 17.7 Å². The topological polar surface area (TPSA) is 75.5 Å². The highest BCUT2D eigenvalue weighted by Gasteiger charge is 2.32. The van der Waals surface area contributed by atoms with Crippen LogP contribution in [0, 0.1) is 13.8 Å². The van der Waals surface area contributed by atoms with E-state index in [0.29, 0.717) is 19.1 Å². The van der Waals surface area contributed by atoms with Gasteiger partial charge in [-0.05, 0) is 43.9 Å². The van der Waals surface area contributed by atoms with E-state index in [0.717, 1.165) is 49.7 Å². The van der Waals surface area contributed by atoms with Crippen LogP contribution in [0.25, 0.3) is 0 Å². The van der Waals surface area contributed by atoms with E-state index in [1.54, 1.807) is 7.05 Å². The summed E-state index contributed by atoms with van der Waals surface area (Å²) in [6, 6.07) is 2.39. The lowest BCUT2D eigenvalue weighted by Gasteiger charge is -2.30. The quantitative estimate of drug-likeness (QED) is 0.860. The number of carbonyl (C=O) groups excluding carboxylic acids is 1. The molecule has 8 nitrogen and oxygen atoms in total. The summed E-state index contributed by atoms with van der Waals surface area (Å²) in [6.45, 7) is 6.96. The van der Waals surface area contributed by atoms with Gasteiger partial charge in [0.05, 0.1) is 12.6 Å². The number of aromatic nitrogens is 3. The lowest BCUT2D eigenvalue weighted by Crippen LogP contribution is -2.41. The van der Waals surface area contributed by atoms with Crippen LogP contribution in [0.15, 0.2) is 12.3 Å². The second-order valence-electron chi connectivity index (χ2n) is 7.95. The van der Waals surface area contributed by atoms with Crippen LogP contribution in [0.4, 0.5) is 16.4 Å². The lowest BCUT2D eigenvalue weighted by atomic mass is 10.0. The third kappa shape index (κ3) is 3.69. The second-order valence-corrected chi connectivity index (χ2v) is 7.95. The van der Waals surface area contributed by atoms with Gasteiger partial charge in [-0.15, -0.1) is 0 Å². The van der Waals surface area contributed by atoms with Crippen LogP contribution < -0.4 is 10.2 Å². The first-order chi connectivity index (χ1) is 14.0. The van der Waals surface area contributed by atoms with Crippen molar-refractivity contribution in [2.24, 2.45) is 0 Å². The number of hydrogen-bond donors (Lipinski definition) is 1. The summed E-state index contributed by atoms with van der Waals surface area (Å²) in [5, 5.41) is 7.80. The molecule has 156 valence electrons. The summed E-state index contributed by atoms with van der Waals surface area (Å²) < 4.78 is 7.75. The van der Waals surface area contributed by atoms with Crippen LogP contribution in [0.5, 0.6) is 0 Å². The van der Waals surface area contributed by atoms with E-state index in [4.69, 9.17) is 9.84 Å². The van der Waals surface area contributed by atoms with Crippen molar-refractivity contribution in [2.45, 2.75) is 45.7 Å². The van der Waals surface area contributed by atoms with Gasteiger partial charge in [-0.25, -0.2) is 9.78 Å². The van der Waals surface area contributed by atoms with Gasteiger partial charge in [-0.3, -0.25) is 4.68 Å². The molecule has 1 saturated heterocycles. The van der Waals surface area contributed by atoms with Gasteiger partial charge < -0.3 is 19.9 Å². The van der Waals surface area contributed by atoms with Crippen LogP contribution in [-0.4, -0.2) is 59.5 Å². The maximum atomic E-state index is 12.3. The molecule has 2 aliphatic rings. The van der Waals surface area contributed by atoms with Gasteiger partial charge in [-0.1, -0.05) is 0 Å². The highest BCUT2D eigenvalue weighted by Crippen LogP contribution is 2.35.